The summed E-state index contributed by atoms with van der Waals surface area (Å²) in [6.07, 6.45) is 4.14. The number of hydrogen-bond donors (Lipinski definition) is 0. The third-order valence-electron chi connectivity index (χ3n) is 2.55. The quantitative estimate of drug-likeness (QED) is 0.709. The van der Waals surface area contributed by atoms with Gasteiger partial charge in [0.25, 0.3) is 5.56 Å². The van der Waals surface area contributed by atoms with Crippen molar-refractivity contribution in [3.05, 3.63) is 58.0 Å². The molecule has 3 heterocycles. The van der Waals surface area contributed by atoms with E-state index in [1.165, 1.54) is 34.5 Å². The Morgan fingerprint density at radius 2 is 2.28 bits per heavy atom. The molecule has 0 aliphatic rings. The SMILES string of the molecule is O=c1c2sccc2ncn1Cc1cncc(F)c1. The first-order chi connectivity index (χ1) is 8.74. The van der Waals surface area contributed by atoms with Crippen molar-refractivity contribution >= 4 is 21.6 Å². The monoisotopic (exact) mass is 261 g/mol. The lowest BCUT2D eigenvalue weighted by molar-refractivity contribution is 0.615. The minimum Gasteiger partial charge on any atom is -0.293 e. The summed E-state index contributed by atoms with van der Waals surface area (Å²) >= 11 is 1.36. The normalized spacial score (nSPS) is 10.9. The van der Waals surface area contributed by atoms with Crippen LogP contribution in [0.1, 0.15) is 5.56 Å². The van der Waals surface area contributed by atoms with Gasteiger partial charge in [0.05, 0.1) is 24.6 Å². The van der Waals surface area contributed by atoms with E-state index in [2.05, 4.69) is 9.97 Å². The van der Waals surface area contributed by atoms with Crippen molar-refractivity contribution in [2.75, 3.05) is 0 Å². The van der Waals surface area contributed by atoms with Crippen LogP contribution in [0.2, 0.25) is 0 Å². The number of halogens is 1. The largest absolute Gasteiger partial charge is 0.293 e. The van der Waals surface area contributed by atoms with Crippen molar-refractivity contribution in [3.8, 4) is 0 Å². The number of hydrogen-bond acceptors (Lipinski definition) is 4. The fraction of sp³-hybridized carbons (Fsp3) is 0.0833. The minimum atomic E-state index is -0.411. The number of nitrogens with zero attached hydrogens (tertiary/aromatic N) is 3. The Hall–Kier alpha value is -2.08. The molecule has 3 aromatic heterocycles. The van der Waals surface area contributed by atoms with E-state index in [9.17, 15) is 9.18 Å². The molecule has 6 heteroatoms. The molecule has 0 amide bonds. The molecule has 0 aliphatic heterocycles. The van der Waals surface area contributed by atoms with Gasteiger partial charge in [-0.1, -0.05) is 0 Å². The molecule has 0 aliphatic carbocycles. The fourth-order valence-corrected chi connectivity index (χ4v) is 2.52. The van der Waals surface area contributed by atoms with Crippen molar-refractivity contribution in [3.63, 3.8) is 0 Å². The summed E-state index contributed by atoms with van der Waals surface area (Å²) in [6, 6.07) is 3.16. The molecule has 4 nitrogen and oxygen atoms in total. The first-order valence-electron chi connectivity index (χ1n) is 5.26. The van der Waals surface area contributed by atoms with Gasteiger partial charge in [-0.05, 0) is 23.1 Å². The average molecular weight is 261 g/mol. The highest BCUT2D eigenvalue weighted by atomic mass is 32.1. The Labute approximate surface area is 105 Å². The highest BCUT2D eigenvalue weighted by molar-refractivity contribution is 7.17. The van der Waals surface area contributed by atoms with Crippen LogP contribution in [0.4, 0.5) is 4.39 Å². The Balaban J connectivity index is 2.05. The maximum atomic E-state index is 13.0. The molecule has 0 atom stereocenters. The number of rotatable bonds is 2. The van der Waals surface area contributed by atoms with Gasteiger partial charge in [-0.3, -0.25) is 14.3 Å². The van der Waals surface area contributed by atoms with Gasteiger partial charge in [-0.25, -0.2) is 9.37 Å². The summed E-state index contributed by atoms with van der Waals surface area (Å²) in [7, 11) is 0. The smallest absolute Gasteiger partial charge is 0.271 e. The Morgan fingerprint density at radius 1 is 1.39 bits per heavy atom. The van der Waals surface area contributed by atoms with E-state index in [1.54, 1.807) is 6.07 Å². The van der Waals surface area contributed by atoms with Gasteiger partial charge in [0, 0.05) is 6.20 Å². The second kappa shape index (κ2) is 4.30. The molecular formula is C12H8FN3OS. The molecule has 0 N–H and O–H groups in total. The highest BCUT2D eigenvalue weighted by Gasteiger charge is 2.06. The molecule has 0 spiro atoms. The van der Waals surface area contributed by atoms with Crippen LogP contribution >= 0.6 is 11.3 Å². The highest BCUT2D eigenvalue weighted by Crippen LogP contribution is 2.13. The number of aromatic nitrogens is 3. The predicted octanol–water partition coefficient (Wildman–Crippen LogP) is 2.04. The molecule has 0 aromatic carbocycles. The van der Waals surface area contributed by atoms with E-state index in [0.29, 0.717) is 15.8 Å². The van der Waals surface area contributed by atoms with Crippen molar-refractivity contribution in [1.82, 2.24) is 14.5 Å². The topological polar surface area (TPSA) is 47.8 Å². The molecule has 0 saturated carbocycles. The lowest BCUT2D eigenvalue weighted by atomic mass is 10.3. The zero-order valence-corrected chi connectivity index (χ0v) is 10.0. The van der Waals surface area contributed by atoms with Crippen LogP contribution in [0.25, 0.3) is 10.2 Å². The van der Waals surface area contributed by atoms with Crippen LogP contribution < -0.4 is 5.56 Å². The van der Waals surface area contributed by atoms with Gasteiger partial charge in [-0.15, -0.1) is 11.3 Å². The van der Waals surface area contributed by atoms with Crippen LogP contribution in [0, 0.1) is 5.82 Å². The average Bonchev–Trinajstić information content (AvgIpc) is 2.82. The van der Waals surface area contributed by atoms with Crippen LogP contribution in [-0.4, -0.2) is 14.5 Å². The van der Waals surface area contributed by atoms with Gasteiger partial charge in [0.1, 0.15) is 10.5 Å². The van der Waals surface area contributed by atoms with E-state index in [4.69, 9.17) is 0 Å². The maximum Gasteiger partial charge on any atom is 0.271 e. The second-order valence-electron chi connectivity index (χ2n) is 3.82. The third kappa shape index (κ3) is 1.91. The van der Waals surface area contributed by atoms with Gasteiger partial charge in [0.2, 0.25) is 0 Å². The van der Waals surface area contributed by atoms with E-state index in [0.717, 1.165) is 6.20 Å². The fourth-order valence-electron chi connectivity index (χ4n) is 1.73. The molecule has 0 bridgehead atoms. The van der Waals surface area contributed by atoms with E-state index in [1.807, 2.05) is 5.38 Å². The van der Waals surface area contributed by atoms with E-state index < -0.39 is 5.82 Å². The Morgan fingerprint density at radius 3 is 3.11 bits per heavy atom. The molecule has 3 rings (SSSR count). The van der Waals surface area contributed by atoms with Gasteiger partial charge in [-0.2, -0.15) is 0 Å². The zero-order chi connectivity index (χ0) is 12.5. The number of fused-ring (bicyclic) bond motifs is 1. The summed E-state index contributed by atoms with van der Waals surface area (Å²) in [5, 5.41) is 1.83. The van der Waals surface area contributed by atoms with Gasteiger partial charge in [0.15, 0.2) is 0 Å². The molecular weight excluding hydrogens is 253 g/mol. The first kappa shape index (κ1) is 11.0. The maximum absolute atomic E-state index is 13.0. The van der Waals surface area contributed by atoms with Gasteiger partial charge >= 0.3 is 0 Å². The van der Waals surface area contributed by atoms with Crippen molar-refractivity contribution in [2.24, 2.45) is 0 Å². The second-order valence-corrected chi connectivity index (χ2v) is 4.74. The van der Waals surface area contributed by atoms with E-state index in [-0.39, 0.29) is 12.1 Å². The van der Waals surface area contributed by atoms with Crippen LogP contribution in [0.15, 0.2) is 41.0 Å². The Bertz CT molecular complexity index is 765. The number of thiophene rings is 1. The molecule has 0 saturated heterocycles. The summed E-state index contributed by atoms with van der Waals surface area (Å²) < 4.78 is 15.1. The molecule has 0 fully saturated rings. The zero-order valence-electron chi connectivity index (χ0n) is 9.21. The first-order valence-corrected chi connectivity index (χ1v) is 6.14. The standard InChI is InChI=1S/C12H8FN3OS/c13-9-3-8(4-14-5-9)6-16-7-15-10-1-2-18-11(10)12(16)17/h1-5,7H,6H2. The van der Waals surface area contributed by atoms with Gasteiger partial charge < -0.3 is 0 Å². The molecule has 0 radical (unpaired) electrons. The van der Waals surface area contributed by atoms with Crippen molar-refractivity contribution < 1.29 is 4.39 Å². The van der Waals surface area contributed by atoms with E-state index >= 15 is 0 Å². The van der Waals surface area contributed by atoms with Crippen molar-refractivity contribution in [2.45, 2.75) is 6.54 Å². The summed E-state index contributed by atoms with van der Waals surface area (Å²) in [5.74, 6) is -0.411. The van der Waals surface area contributed by atoms with Crippen LogP contribution in [0.3, 0.4) is 0 Å². The molecule has 0 unspecified atom stereocenters. The van der Waals surface area contributed by atoms with Crippen LogP contribution in [-0.2, 0) is 6.54 Å². The van der Waals surface area contributed by atoms with Crippen molar-refractivity contribution in [1.29, 1.82) is 0 Å². The number of pyridine rings is 1. The molecule has 18 heavy (non-hydrogen) atoms. The molecule has 90 valence electrons. The summed E-state index contributed by atoms with van der Waals surface area (Å²) in [6.45, 7) is 0.268. The third-order valence-corrected chi connectivity index (χ3v) is 3.44. The summed E-state index contributed by atoms with van der Waals surface area (Å²) in [5.41, 5.74) is 1.22. The lowest BCUT2D eigenvalue weighted by Crippen LogP contribution is -2.20. The van der Waals surface area contributed by atoms with Crippen LogP contribution in [0.5, 0.6) is 0 Å². The molecule has 3 aromatic rings. The summed E-state index contributed by atoms with van der Waals surface area (Å²) in [4.78, 5) is 20.0. The Kier molecular flexibility index (Phi) is 2.64. The lowest BCUT2D eigenvalue weighted by Gasteiger charge is -2.04. The minimum absolute atomic E-state index is 0.112. The predicted molar refractivity (Wildman–Crippen MR) is 67.2 cm³/mol.